The van der Waals surface area contributed by atoms with E-state index in [0.29, 0.717) is 23.9 Å². The highest BCUT2D eigenvalue weighted by Gasteiger charge is 2.25. The Morgan fingerprint density at radius 3 is 0.977 bits per heavy atom. The summed E-state index contributed by atoms with van der Waals surface area (Å²) in [5.41, 5.74) is 0. The number of hydrogen-bond donors (Lipinski definition) is 1. The molecule has 0 aliphatic carbocycles. The molecule has 0 rings (SSSR count). The third-order valence-corrected chi connectivity index (χ3v) is 14.9. The predicted molar refractivity (Wildman–Crippen MR) is 373 cm³/mol. The van der Waals surface area contributed by atoms with E-state index in [0.717, 1.165) is 116 Å². The fraction of sp³-hybridized carbons (Fsp3) is 0.679. The van der Waals surface area contributed by atoms with Crippen LogP contribution in [0.4, 0.5) is 0 Å². The van der Waals surface area contributed by atoms with Crippen molar-refractivity contribution < 1.29 is 42.9 Å². The largest absolute Gasteiger partial charge is 0.477 e. The molecule has 0 aliphatic rings. The van der Waals surface area contributed by atoms with Crippen molar-refractivity contribution in [3.8, 4) is 0 Å². The van der Waals surface area contributed by atoms with Crippen molar-refractivity contribution in [1.82, 2.24) is 0 Å². The lowest BCUT2D eigenvalue weighted by Crippen LogP contribution is -2.40. The lowest BCUT2D eigenvalue weighted by Gasteiger charge is -2.25. The van der Waals surface area contributed by atoms with Gasteiger partial charge < -0.3 is 28.5 Å². The van der Waals surface area contributed by atoms with Gasteiger partial charge in [-0.05, 0) is 116 Å². The first-order chi connectivity index (χ1) is 42.6. The predicted octanol–water partition coefficient (Wildman–Crippen LogP) is 22.1. The summed E-state index contributed by atoms with van der Waals surface area (Å²) in [6.07, 6.45) is 94.2. The number of carbonyl (C=O) groups excluding carboxylic acids is 2. The van der Waals surface area contributed by atoms with Gasteiger partial charge >= 0.3 is 17.9 Å². The Morgan fingerprint density at radius 1 is 0.356 bits per heavy atom. The van der Waals surface area contributed by atoms with E-state index in [1.807, 2.05) is 21.1 Å². The van der Waals surface area contributed by atoms with Crippen molar-refractivity contribution >= 4 is 17.9 Å². The smallest absolute Gasteiger partial charge is 0.361 e. The fourth-order valence-corrected chi connectivity index (χ4v) is 9.51. The molecule has 87 heavy (non-hydrogen) atoms. The van der Waals surface area contributed by atoms with E-state index in [4.69, 9.17) is 18.9 Å². The van der Waals surface area contributed by atoms with Crippen molar-refractivity contribution in [2.75, 3.05) is 47.5 Å². The zero-order valence-electron chi connectivity index (χ0n) is 56.6. The number of carboxylic acid groups (broad SMARTS) is 1. The highest BCUT2D eigenvalue weighted by molar-refractivity contribution is 5.71. The lowest BCUT2D eigenvalue weighted by molar-refractivity contribution is -0.870. The number of ether oxygens (including phenoxy) is 4. The number of unbranched alkanes of at least 4 members (excludes halogenated alkanes) is 27. The summed E-state index contributed by atoms with van der Waals surface area (Å²) in [5.74, 6) is -2.03. The van der Waals surface area contributed by atoms with E-state index in [9.17, 15) is 19.5 Å². The molecule has 0 aliphatic heterocycles. The molecule has 0 saturated heterocycles. The maximum absolute atomic E-state index is 12.9. The van der Waals surface area contributed by atoms with Crippen LogP contribution in [-0.2, 0) is 33.3 Å². The van der Waals surface area contributed by atoms with Crippen LogP contribution in [0.5, 0.6) is 0 Å². The van der Waals surface area contributed by atoms with Crippen molar-refractivity contribution in [2.45, 2.75) is 296 Å². The maximum Gasteiger partial charge on any atom is 0.361 e. The van der Waals surface area contributed by atoms with Crippen LogP contribution < -0.4 is 0 Å². The first kappa shape index (κ1) is 82.4. The van der Waals surface area contributed by atoms with Crippen molar-refractivity contribution in [2.24, 2.45) is 0 Å². The summed E-state index contributed by atoms with van der Waals surface area (Å²) in [7, 11) is 5.96. The molecule has 496 valence electrons. The molecule has 0 bridgehead atoms. The van der Waals surface area contributed by atoms with Crippen molar-refractivity contribution in [3.63, 3.8) is 0 Å². The van der Waals surface area contributed by atoms with Crippen LogP contribution in [0.25, 0.3) is 0 Å². The molecule has 0 spiro atoms. The van der Waals surface area contributed by atoms with Gasteiger partial charge in [0.25, 0.3) is 6.29 Å². The number of esters is 2. The average molecular weight is 1210 g/mol. The van der Waals surface area contributed by atoms with Crippen LogP contribution in [0, 0.1) is 0 Å². The van der Waals surface area contributed by atoms with Crippen LogP contribution in [0.15, 0.2) is 134 Å². The molecule has 0 aromatic carbocycles. The third-order valence-electron chi connectivity index (χ3n) is 14.9. The van der Waals surface area contributed by atoms with Gasteiger partial charge in [0.05, 0.1) is 34.4 Å². The number of carboxylic acids is 1. The number of aliphatic carboxylic acids is 1. The van der Waals surface area contributed by atoms with Crippen molar-refractivity contribution in [1.29, 1.82) is 0 Å². The van der Waals surface area contributed by atoms with Gasteiger partial charge in [0.1, 0.15) is 13.2 Å². The lowest BCUT2D eigenvalue weighted by atomic mass is 10.0. The number of hydrogen-bond acceptors (Lipinski definition) is 7. The summed E-state index contributed by atoms with van der Waals surface area (Å²) in [6, 6.07) is 0. The molecule has 0 radical (unpaired) electrons. The van der Waals surface area contributed by atoms with Crippen LogP contribution in [-0.4, -0.2) is 87.4 Å². The summed E-state index contributed by atoms with van der Waals surface area (Å²) in [5, 5.41) is 9.75. The summed E-state index contributed by atoms with van der Waals surface area (Å²) in [6.45, 7) is 4.74. The maximum atomic E-state index is 12.9. The molecule has 9 heteroatoms. The fourth-order valence-electron chi connectivity index (χ4n) is 9.51. The number of carbonyl (C=O) groups is 3. The first-order valence-electron chi connectivity index (χ1n) is 35.3. The molecule has 9 nitrogen and oxygen atoms in total. The second-order valence-corrected chi connectivity index (χ2v) is 24.5. The standard InChI is InChI=1S/C78H131NO8/c1-6-8-10-12-14-16-18-20-22-24-26-28-30-32-34-36-37-38-39-41-43-45-47-49-51-53-55-57-59-61-63-65-67-69-76(81)87-74(73-86-78(77(82)83)84-71-70-79(3,4)5)72-85-75(80)68-66-64-62-60-58-56-54-52-50-48-46-44-42-40-35-33-31-29-27-25-23-21-19-17-15-13-11-9-7-2/h8,10,14,16,19-22,25-28,32,34,37-38,41,43,47,49,53,55,74,78H,6-7,9,11-13,15,17-18,23-24,29-31,33,35-36,39-40,42,44-46,48,50-52,54,56-73H2,1-5H3/p+1/b10-8-,16-14-,21-19-,22-20-,27-25-,28-26-,34-32-,38-37-,43-41-,49-47-,55-53-. The van der Waals surface area contributed by atoms with E-state index in [1.165, 1.54) is 135 Å². The normalized spacial score (nSPS) is 13.5. The van der Waals surface area contributed by atoms with E-state index in [2.05, 4.69) is 148 Å². The molecule has 0 aromatic heterocycles. The molecular formula is C78H132NO8+. The molecule has 0 aromatic rings. The quantitative estimate of drug-likeness (QED) is 0.0211. The zero-order chi connectivity index (χ0) is 63.3. The topological polar surface area (TPSA) is 108 Å². The summed E-state index contributed by atoms with van der Waals surface area (Å²) >= 11 is 0. The molecule has 0 fully saturated rings. The Labute approximate surface area is 535 Å². The molecule has 0 heterocycles. The first-order valence-corrected chi connectivity index (χ1v) is 35.3. The van der Waals surface area contributed by atoms with E-state index in [-0.39, 0.29) is 32.2 Å². The molecule has 1 N–H and O–H groups in total. The van der Waals surface area contributed by atoms with Crippen molar-refractivity contribution in [3.05, 3.63) is 134 Å². The average Bonchev–Trinajstić information content (AvgIpc) is 3.59. The van der Waals surface area contributed by atoms with E-state index in [1.54, 1.807) is 0 Å². The highest BCUT2D eigenvalue weighted by Crippen LogP contribution is 2.17. The SMILES string of the molecule is CC/C=C\C/C=C\C/C=C\C/C=C\C/C=C\C/C=C\C/C=C\C/C=C\C/C=C\CCCCCCCC(=O)OC(COC(=O)CCCCCCCCCCCCCCCCCCC/C=C\C/C=C\CCCCCCC)COC(OCC[N+](C)(C)C)C(=O)O. The molecule has 0 amide bonds. The van der Waals surface area contributed by atoms with Crippen LogP contribution in [0.3, 0.4) is 0 Å². The second-order valence-electron chi connectivity index (χ2n) is 24.5. The molecule has 2 atom stereocenters. The molecule has 0 saturated carbocycles. The summed E-state index contributed by atoms with van der Waals surface area (Å²) in [4.78, 5) is 37.6. The second kappa shape index (κ2) is 67.4. The van der Waals surface area contributed by atoms with Gasteiger partial charge in [0.15, 0.2) is 6.10 Å². The number of quaternary nitrogens is 1. The van der Waals surface area contributed by atoms with Gasteiger partial charge in [-0.3, -0.25) is 9.59 Å². The minimum Gasteiger partial charge on any atom is -0.477 e. The number of allylic oxidation sites excluding steroid dienone is 22. The third kappa shape index (κ3) is 68.8. The van der Waals surface area contributed by atoms with Gasteiger partial charge in [-0.2, -0.15) is 0 Å². The van der Waals surface area contributed by atoms with Gasteiger partial charge in [0.2, 0.25) is 0 Å². The zero-order valence-corrected chi connectivity index (χ0v) is 56.6. The monoisotopic (exact) mass is 1210 g/mol. The summed E-state index contributed by atoms with van der Waals surface area (Å²) < 4.78 is 23.0. The highest BCUT2D eigenvalue weighted by atomic mass is 16.7. The van der Waals surface area contributed by atoms with E-state index < -0.39 is 24.3 Å². The Kier molecular flexibility index (Phi) is 63.8. The Bertz CT molecular complexity index is 1890. The van der Waals surface area contributed by atoms with Gasteiger partial charge in [-0.1, -0.05) is 289 Å². The Balaban J connectivity index is 4.20. The van der Waals surface area contributed by atoms with E-state index >= 15 is 0 Å². The minimum atomic E-state index is -1.52. The number of nitrogens with zero attached hydrogens (tertiary/aromatic N) is 1. The van der Waals surface area contributed by atoms with Crippen LogP contribution in [0.1, 0.15) is 284 Å². The Morgan fingerprint density at radius 2 is 0.655 bits per heavy atom. The number of likely N-dealkylation sites (N-methyl/N-ethyl adjacent to an activating group) is 1. The van der Waals surface area contributed by atoms with Gasteiger partial charge in [-0.25, -0.2) is 4.79 Å². The molecule has 2 unspecified atom stereocenters. The van der Waals surface area contributed by atoms with Crippen LogP contribution in [0.2, 0.25) is 0 Å². The number of rotatable bonds is 64. The van der Waals surface area contributed by atoms with Crippen LogP contribution >= 0.6 is 0 Å². The minimum absolute atomic E-state index is 0.177. The Hall–Kier alpha value is -4.57. The van der Waals surface area contributed by atoms with Gasteiger partial charge in [0, 0.05) is 12.8 Å². The molecular weight excluding hydrogens is 1080 g/mol. The van der Waals surface area contributed by atoms with Gasteiger partial charge in [-0.15, -0.1) is 0 Å².